The van der Waals surface area contributed by atoms with Crippen LogP contribution in [-0.4, -0.2) is 51.8 Å². The van der Waals surface area contributed by atoms with Gasteiger partial charge in [-0.2, -0.15) is 0 Å². The molecule has 138 valence electrons. The molecule has 0 aliphatic heterocycles. The van der Waals surface area contributed by atoms with E-state index in [2.05, 4.69) is 35.1 Å². The van der Waals surface area contributed by atoms with Crippen LogP contribution in [0.25, 0.3) is 0 Å². The number of guanidine groups is 1. The Morgan fingerprint density at radius 2 is 2.00 bits per heavy atom. The van der Waals surface area contributed by atoms with Crippen molar-refractivity contribution in [3.63, 3.8) is 0 Å². The number of aliphatic imine (C=N–C) groups is 1. The molecule has 0 unspecified atom stereocenters. The van der Waals surface area contributed by atoms with Crippen LogP contribution >= 0.6 is 24.0 Å². The topological polar surface area (TPSA) is 46.1 Å². The van der Waals surface area contributed by atoms with Gasteiger partial charge in [-0.05, 0) is 18.4 Å². The van der Waals surface area contributed by atoms with Crippen molar-refractivity contribution in [2.24, 2.45) is 10.9 Å². The normalized spacial score (nSPS) is 11.2. The zero-order valence-corrected chi connectivity index (χ0v) is 17.9. The van der Waals surface area contributed by atoms with Gasteiger partial charge in [-0.1, -0.05) is 32.0 Å². The summed E-state index contributed by atoms with van der Waals surface area (Å²) in [6, 6.07) is 8.05. The van der Waals surface area contributed by atoms with Crippen molar-refractivity contribution in [3.05, 3.63) is 29.8 Å². The number of halogens is 1. The molecule has 0 saturated carbocycles. The van der Waals surface area contributed by atoms with Crippen molar-refractivity contribution >= 4 is 29.9 Å². The first-order chi connectivity index (χ1) is 11.1. The van der Waals surface area contributed by atoms with E-state index in [1.165, 1.54) is 0 Å². The second-order valence-corrected chi connectivity index (χ2v) is 5.96. The van der Waals surface area contributed by atoms with Crippen molar-refractivity contribution in [2.45, 2.75) is 26.8 Å². The fraction of sp³-hybridized carbons (Fsp3) is 0.611. The van der Waals surface area contributed by atoms with Gasteiger partial charge in [0.05, 0.1) is 7.11 Å². The van der Waals surface area contributed by atoms with Gasteiger partial charge in [-0.15, -0.1) is 24.0 Å². The minimum absolute atomic E-state index is 0. The van der Waals surface area contributed by atoms with E-state index in [9.17, 15) is 0 Å². The lowest BCUT2D eigenvalue weighted by Crippen LogP contribution is -2.39. The first-order valence-corrected chi connectivity index (χ1v) is 8.19. The summed E-state index contributed by atoms with van der Waals surface area (Å²) in [6.07, 6.45) is 0.967. The van der Waals surface area contributed by atoms with Gasteiger partial charge in [0, 0.05) is 46.0 Å². The summed E-state index contributed by atoms with van der Waals surface area (Å²) < 4.78 is 11.0. The Labute approximate surface area is 163 Å². The van der Waals surface area contributed by atoms with Crippen LogP contribution in [0.2, 0.25) is 0 Å². The number of nitrogens with zero attached hydrogens (tertiary/aromatic N) is 2. The van der Waals surface area contributed by atoms with E-state index < -0.39 is 0 Å². The van der Waals surface area contributed by atoms with Crippen LogP contribution < -0.4 is 10.1 Å². The number of hydrogen-bond donors (Lipinski definition) is 1. The molecule has 0 atom stereocenters. The summed E-state index contributed by atoms with van der Waals surface area (Å²) in [5, 5.41) is 3.37. The van der Waals surface area contributed by atoms with E-state index in [1.54, 1.807) is 14.2 Å². The Morgan fingerprint density at radius 3 is 2.62 bits per heavy atom. The lowest BCUT2D eigenvalue weighted by atomic mass is 10.2. The Balaban J connectivity index is 0.00000529. The first-order valence-electron chi connectivity index (χ1n) is 8.19. The summed E-state index contributed by atoms with van der Waals surface area (Å²) in [5.74, 6) is 2.36. The highest BCUT2D eigenvalue weighted by molar-refractivity contribution is 14.0. The molecule has 0 heterocycles. The molecule has 24 heavy (non-hydrogen) atoms. The van der Waals surface area contributed by atoms with Crippen LogP contribution in [0.5, 0.6) is 5.75 Å². The molecule has 5 nitrogen and oxygen atoms in total. The molecule has 1 rings (SSSR count). The largest absolute Gasteiger partial charge is 0.496 e. The molecule has 0 radical (unpaired) electrons. The fourth-order valence-corrected chi connectivity index (χ4v) is 2.24. The van der Waals surface area contributed by atoms with Gasteiger partial charge in [0.15, 0.2) is 5.96 Å². The van der Waals surface area contributed by atoms with E-state index >= 15 is 0 Å². The standard InChI is InChI=1S/C18H31N3O2.HI/c1-15(2)14-23-12-8-11-20-18(19-3)21(4)13-16-9-6-7-10-17(16)22-5;/h6-7,9-10,15H,8,11-14H2,1-5H3,(H,19,20);1H. The monoisotopic (exact) mass is 449 g/mol. The van der Waals surface area contributed by atoms with Crippen LogP contribution in [0, 0.1) is 5.92 Å². The minimum atomic E-state index is 0. The van der Waals surface area contributed by atoms with Crippen molar-refractivity contribution in [3.8, 4) is 5.75 Å². The maximum atomic E-state index is 5.59. The van der Waals surface area contributed by atoms with E-state index in [4.69, 9.17) is 9.47 Å². The Hall–Kier alpha value is -1.02. The summed E-state index contributed by atoms with van der Waals surface area (Å²) >= 11 is 0. The van der Waals surface area contributed by atoms with E-state index in [1.807, 2.05) is 25.2 Å². The number of ether oxygens (including phenoxy) is 2. The van der Waals surface area contributed by atoms with E-state index in [0.717, 1.165) is 50.0 Å². The Kier molecular flexibility index (Phi) is 12.7. The molecule has 0 aliphatic carbocycles. The highest BCUT2D eigenvalue weighted by Crippen LogP contribution is 2.18. The second-order valence-electron chi connectivity index (χ2n) is 5.96. The lowest BCUT2D eigenvalue weighted by molar-refractivity contribution is 0.108. The summed E-state index contributed by atoms with van der Waals surface area (Å²) in [5.41, 5.74) is 1.14. The molecular weight excluding hydrogens is 417 g/mol. The van der Waals surface area contributed by atoms with Crippen molar-refractivity contribution in [1.82, 2.24) is 10.2 Å². The smallest absolute Gasteiger partial charge is 0.193 e. The maximum Gasteiger partial charge on any atom is 0.193 e. The SMILES string of the molecule is CN=C(NCCCOCC(C)C)N(C)Cc1ccccc1OC.I. The first kappa shape index (κ1) is 23.0. The third-order valence-corrected chi connectivity index (χ3v) is 3.37. The zero-order chi connectivity index (χ0) is 17.1. The summed E-state index contributed by atoms with van der Waals surface area (Å²) in [7, 11) is 5.52. The van der Waals surface area contributed by atoms with Crippen molar-refractivity contribution < 1.29 is 9.47 Å². The highest BCUT2D eigenvalue weighted by Gasteiger charge is 2.09. The fourth-order valence-electron chi connectivity index (χ4n) is 2.24. The van der Waals surface area contributed by atoms with Crippen LogP contribution in [0.3, 0.4) is 0 Å². The van der Waals surface area contributed by atoms with Gasteiger partial charge in [0.1, 0.15) is 5.75 Å². The minimum Gasteiger partial charge on any atom is -0.496 e. The average molecular weight is 449 g/mol. The summed E-state index contributed by atoms with van der Waals surface area (Å²) in [6.45, 7) is 7.51. The number of methoxy groups -OCH3 is 1. The molecule has 1 aromatic carbocycles. The molecule has 0 saturated heterocycles. The van der Waals surface area contributed by atoms with E-state index in [0.29, 0.717) is 5.92 Å². The Morgan fingerprint density at radius 1 is 1.29 bits per heavy atom. The number of nitrogens with one attached hydrogen (secondary N) is 1. The number of hydrogen-bond acceptors (Lipinski definition) is 3. The average Bonchev–Trinajstić information content (AvgIpc) is 2.54. The maximum absolute atomic E-state index is 5.59. The zero-order valence-electron chi connectivity index (χ0n) is 15.5. The number of para-hydroxylation sites is 1. The Bertz CT molecular complexity index is 481. The van der Waals surface area contributed by atoms with Gasteiger partial charge in [-0.25, -0.2) is 0 Å². The molecule has 0 amide bonds. The molecule has 0 spiro atoms. The van der Waals surface area contributed by atoms with Gasteiger partial charge < -0.3 is 19.7 Å². The van der Waals surface area contributed by atoms with Gasteiger partial charge in [-0.3, -0.25) is 4.99 Å². The predicted octanol–water partition coefficient (Wildman–Crippen LogP) is 3.38. The van der Waals surface area contributed by atoms with Crippen molar-refractivity contribution in [1.29, 1.82) is 0 Å². The summed E-state index contributed by atoms with van der Waals surface area (Å²) in [4.78, 5) is 6.43. The van der Waals surface area contributed by atoms with Gasteiger partial charge >= 0.3 is 0 Å². The number of rotatable bonds is 9. The molecule has 0 bridgehead atoms. The second kappa shape index (κ2) is 13.3. The third kappa shape index (κ3) is 8.73. The van der Waals surface area contributed by atoms with Crippen LogP contribution in [-0.2, 0) is 11.3 Å². The molecule has 0 aliphatic rings. The van der Waals surface area contributed by atoms with E-state index in [-0.39, 0.29) is 24.0 Å². The molecule has 0 aromatic heterocycles. The molecule has 1 N–H and O–H groups in total. The molecule has 0 fully saturated rings. The highest BCUT2D eigenvalue weighted by atomic mass is 127. The molecular formula is C18H32IN3O2. The molecule has 6 heteroatoms. The third-order valence-electron chi connectivity index (χ3n) is 3.37. The number of benzene rings is 1. The lowest BCUT2D eigenvalue weighted by Gasteiger charge is -2.23. The van der Waals surface area contributed by atoms with Gasteiger partial charge in [0.2, 0.25) is 0 Å². The predicted molar refractivity (Wildman–Crippen MR) is 112 cm³/mol. The van der Waals surface area contributed by atoms with Crippen molar-refractivity contribution in [2.75, 3.05) is 41.0 Å². The quantitative estimate of drug-likeness (QED) is 0.272. The van der Waals surface area contributed by atoms with Crippen LogP contribution in [0.15, 0.2) is 29.3 Å². The van der Waals surface area contributed by atoms with Gasteiger partial charge in [0.25, 0.3) is 0 Å². The van der Waals surface area contributed by atoms with Crippen LogP contribution in [0.1, 0.15) is 25.8 Å². The molecule has 1 aromatic rings. The van der Waals surface area contributed by atoms with Crippen LogP contribution in [0.4, 0.5) is 0 Å².